The summed E-state index contributed by atoms with van der Waals surface area (Å²) in [7, 11) is -3.11. The standard InChI is InChI=1S/C13H19NO2S/c1-4-14-12-10(3)8-17(15,16)13-9(2)6-5-7-11(12)13/h5-7,10,12,14H,4,8H2,1-3H3. The highest BCUT2D eigenvalue weighted by Gasteiger charge is 2.35. The Morgan fingerprint density at radius 2 is 2.12 bits per heavy atom. The Labute approximate surface area is 103 Å². The second-order valence-corrected chi connectivity index (χ2v) is 6.76. The Morgan fingerprint density at radius 3 is 2.76 bits per heavy atom. The van der Waals surface area contributed by atoms with Crippen molar-refractivity contribution in [3.8, 4) is 0 Å². The lowest BCUT2D eigenvalue weighted by Crippen LogP contribution is -2.36. The van der Waals surface area contributed by atoms with Crippen LogP contribution in [0.4, 0.5) is 0 Å². The molecule has 2 unspecified atom stereocenters. The molecule has 4 heteroatoms. The molecule has 17 heavy (non-hydrogen) atoms. The Kier molecular flexibility index (Phi) is 3.27. The largest absolute Gasteiger partial charge is 0.310 e. The van der Waals surface area contributed by atoms with Gasteiger partial charge in [0.1, 0.15) is 0 Å². The first-order valence-electron chi connectivity index (χ1n) is 6.03. The predicted molar refractivity (Wildman–Crippen MR) is 68.8 cm³/mol. The van der Waals surface area contributed by atoms with Crippen molar-refractivity contribution in [3.63, 3.8) is 0 Å². The molecule has 1 aromatic rings. The monoisotopic (exact) mass is 253 g/mol. The van der Waals surface area contributed by atoms with Gasteiger partial charge >= 0.3 is 0 Å². The molecule has 1 aliphatic rings. The Hall–Kier alpha value is -0.870. The van der Waals surface area contributed by atoms with Gasteiger partial charge in [-0.2, -0.15) is 0 Å². The van der Waals surface area contributed by atoms with E-state index in [0.717, 1.165) is 17.7 Å². The Balaban J connectivity index is 2.63. The van der Waals surface area contributed by atoms with Gasteiger partial charge in [0.25, 0.3) is 0 Å². The van der Waals surface area contributed by atoms with Gasteiger partial charge in [0.2, 0.25) is 0 Å². The summed E-state index contributed by atoms with van der Waals surface area (Å²) in [6, 6.07) is 5.89. The van der Waals surface area contributed by atoms with E-state index in [-0.39, 0.29) is 17.7 Å². The van der Waals surface area contributed by atoms with Crippen molar-refractivity contribution in [1.82, 2.24) is 5.32 Å². The minimum atomic E-state index is -3.11. The van der Waals surface area contributed by atoms with Crippen LogP contribution >= 0.6 is 0 Å². The number of fused-ring (bicyclic) bond motifs is 1. The third-order valence-electron chi connectivity index (χ3n) is 3.36. The summed E-state index contributed by atoms with van der Waals surface area (Å²) in [5.74, 6) is 0.358. The highest BCUT2D eigenvalue weighted by atomic mass is 32.2. The molecule has 2 rings (SSSR count). The average Bonchev–Trinajstić information content (AvgIpc) is 2.22. The fraction of sp³-hybridized carbons (Fsp3) is 0.538. The topological polar surface area (TPSA) is 46.2 Å². The zero-order chi connectivity index (χ0) is 12.6. The van der Waals surface area contributed by atoms with Gasteiger partial charge in [-0.25, -0.2) is 8.42 Å². The summed E-state index contributed by atoms with van der Waals surface area (Å²) < 4.78 is 24.5. The molecule has 1 aliphatic heterocycles. The van der Waals surface area contributed by atoms with E-state index >= 15 is 0 Å². The predicted octanol–water partition coefficient (Wildman–Crippen LogP) is 2.07. The quantitative estimate of drug-likeness (QED) is 0.877. The molecule has 1 N–H and O–H groups in total. The van der Waals surface area contributed by atoms with Gasteiger partial charge in [0, 0.05) is 6.04 Å². The van der Waals surface area contributed by atoms with Gasteiger partial charge < -0.3 is 5.32 Å². The first kappa shape index (κ1) is 12.6. The number of hydrogen-bond donors (Lipinski definition) is 1. The first-order valence-corrected chi connectivity index (χ1v) is 7.68. The third-order valence-corrected chi connectivity index (χ3v) is 5.51. The highest BCUT2D eigenvalue weighted by Crippen LogP contribution is 2.37. The summed E-state index contributed by atoms with van der Waals surface area (Å²) in [6.07, 6.45) is 0. The zero-order valence-electron chi connectivity index (χ0n) is 10.5. The Morgan fingerprint density at radius 1 is 1.41 bits per heavy atom. The molecule has 0 aromatic heterocycles. The molecule has 0 bridgehead atoms. The summed E-state index contributed by atoms with van der Waals surface area (Å²) in [5, 5.41) is 3.39. The lowest BCUT2D eigenvalue weighted by Gasteiger charge is -2.32. The molecule has 2 atom stereocenters. The van der Waals surface area contributed by atoms with Crippen LogP contribution in [0, 0.1) is 12.8 Å². The van der Waals surface area contributed by atoms with Crippen LogP contribution < -0.4 is 5.32 Å². The second kappa shape index (κ2) is 4.42. The van der Waals surface area contributed by atoms with Gasteiger partial charge in [-0.05, 0) is 30.5 Å². The Bertz CT molecular complexity index is 522. The molecule has 0 spiro atoms. The molecule has 0 saturated heterocycles. The number of sulfone groups is 1. The fourth-order valence-corrected chi connectivity index (χ4v) is 4.87. The van der Waals surface area contributed by atoms with Crippen LogP contribution in [0.15, 0.2) is 23.1 Å². The van der Waals surface area contributed by atoms with E-state index in [1.807, 2.05) is 39.0 Å². The van der Waals surface area contributed by atoms with E-state index in [0.29, 0.717) is 4.90 Å². The molecule has 94 valence electrons. The highest BCUT2D eigenvalue weighted by molar-refractivity contribution is 7.91. The van der Waals surface area contributed by atoms with Crippen LogP contribution in [-0.2, 0) is 9.84 Å². The molecule has 0 saturated carbocycles. The van der Waals surface area contributed by atoms with Crippen LogP contribution in [0.2, 0.25) is 0 Å². The van der Waals surface area contributed by atoms with Crippen molar-refractivity contribution < 1.29 is 8.42 Å². The maximum atomic E-state index is 12.2. The maximum Gasteiger partial charge on any atom is 0.179 e. The lowest BCUT2D eigenvalue weighted by atomic mass is 9.94. The summed E-state index contributed by atoms with van der Waals surface area (Å²) >= 11 is 0. The number of aryl methyl sites for hydroxylation is 1. The minimum absolute atomic E-state index is 0.120. The van der Waals surface area contributed by atoms with E-state index in [9.17, 15) is 8.42 Å². The molecule has 3 nitrogen and oxygen atoms in total. The molecule has 0 aliphatic carbocycles. The lowest BCUT2D eigenvalue weighted by molar-refractivity contribution is 0.402. The van der Waals surface area contributed by atoms with E-state index < -0.39 is 9.84 Å². The van der Waals surface area contributed by atoms with Crippen LogP contribution in [0.3, 0.4) is 0 Å². The van der Waals surface area contributed by atoms with E-state index in [1.165, 1.54) is 0 Å². The molecule has 0 amide bonds. The molecular weight excluding hydrogens is 234 g/mol. The van der Waals surface area contributed by atoms with Crippen LogP contribution in [0.1, 0.15) is 31.0 Å². The summed E-state index contributed by atoms with van der Waals surface area (Å²) in [6.45, 7) is 6.76. The SMILES string of the molecule is CCNC1c2cccc(C)c2S(=O)(=O)CC1C. The minimum Gasteiger partial charge on any atom is -0.310 e. The average molecular weight is 253 g/mol. The molecular formula is C13H19NO2S. The van der Waals surface area contributed by atoms with Crippen molar-refractivity contribution in [3.05, 3.63) is 29.3 Å². The van der Waals surface area contributed by atoms with E-state index in [1.54, 1.807) is 0 Å². The van der Waals surface area contributed by atoms with Crippen LogP contribution in [-0.4, -0.2) is 20.7 Å². The van der Waals surface area contributed by atoms with E-state index in [4.69, 9.17) is 0 Å². The normalized spacial score (nSPS) is 26.5. The van der Waals surface area contributed by atoms with Gasteiger partial charge in [0.15, 0.2) is 9.84 Å². The number of benzene rings is 1. The van der Waals surface area contributed by atoms with Crippen molar-refractivity contribution in [2.75, 3.05) is 12.3 Å². The zero-order valence-corrected chi connectivity index (χ0v) is 11.3. The van der Waals surface area contributed by atoms with Crippen LogP contribution in [0.25, 0.3) is 0 Å². The number of hydrogen-bond acceptors (Lipinski definition) is 3. The van der Waals surface area contributed by atoms with Crippen LogP contribution in [0.5, 0.6) is 0 Å². The van der Waals surface area contributed by atoms with Crippen molar-refractivity contribution >= 4 is 9.84 Å². The van der Waals surface area contributed by atoms with Gasteiger partial charge in [0.05, 0.1) is 10.6 Å². The fourth-order valence-electron chi connectivity index (χ4n) is 2.71. The van der Waals surface area contributed by atoms with Gasteiger partial charge in [-0.1, -0.05) is 32.0 Å². The van der Waals surface area contributed by atoms with Crippen molar-refractivity contribution in [2.45, 2.75) is 31.7 Å². The summed E-state index contributed by atoms with van der Waals surface area (Å²) in [5.41, 5.74) is 1.79. The smallest absolute Gasteiger partial charge is 0.179 e. The molecule has 0 radical (unpaired) electrons. The second-order valence-electron chi connectivity index (χ2n) is 4.79. The number of nitrogens with one attached hydrogen (secondary N) is 1. The third kappa shape index (κ3) is 2.11. The molecule has 1 aromatic carbocycles. The summed E-state index contributed by atoms with van der Waals surface area (Å²) in [4.78, 5) is 0.545. The number of rotatable bonds is 2. The molecule has 1 heterocycles. The molecule has 0 fully saturated rings. The van der Waals surface area contributed by atoms with Gasteiger partial charge in [-0.15, -0.1) is 0 Å². The maximum absolute atomic E-state index is 12.2. The van der Waals surface area contributed by atoms with Crippen molar-refractivity contribution in [1.29, 1.82) is 0 Å². The van der Waals surface area contributed by atoms with Gasteiger partial charge in [-0.3, -0.25) is 0 Å². The first-order chi connectivity index (χ1) is 7.97. The van der Waals surface area contributed by atoms with E-state index in [2.05, 4.69) is 5.32 Å². The van der Waals surface area contributed by atoms with Crippen molar-refractivity contribution in [2.24, 2.45) is 5.92 Å².